The van der Waals surface area contributed by atoms with Crippen molar-refractivity contribution in [3.8, 4) is 17.1 Å². The number of pyridine rings is 1. The molecule has 174 valence electrons. The molecule has 0 atom stereocenters. The maximum Gasteiger partial charge on any atom is 0.249 e. The van der Waals surface area contributed by atoms with Crippen molar-refractivity contribution in [1.82, 2.24) is 19.9 Å². The van der Waals surface area contributed by atoms with Gasteiger partial charge in [0.1, 0.15) is 5.75 Å². The molecule has 1 amide bonds. The van der Waals surface area contributed by atoms with Gasteiger partial charge in [0.2, 0.25) is 11.9 Å². The highest BCUT2D eigenvalue weighted by molar-refractivity contribution is 6.00. The zero-order valence-electron chi connectivity index (χ0n) is 19.5. The van der Waals surface area contributed by atoms with E-state index < -0.39 is 0 Å². The summed E-state index contributed by atoms with van der Waals surface area (Å²) in [4.78, 5) is 27.4. The first kappa shape index (κ1) is 22.0. The van der Waals surface area contributed by atoms with Gasteiger partial charge >= 0.3 is 0 Å². The van der Waals surface area contributed by atoms with Gasteiger partial charge in [0.15, 0.2) is 0 Å². The summed E-state index contributed by atoms with van der Waals surface area (Å²) in [6.07, 6.45) is 6.00. The van der Waals surface area contributed by atoms with Crippen molar-refractivity contribution < 1.29 is 14.3 Å². The van der Waals surface area contributed by atoms with E-state index >= 15 is 0 Å². The summed E-state index contributed by atoms with van der Waals surface area (Å²) < 4.78 is 11.3. The van der Waals surface area contributed by atoms with Crippen molar-refractivity contribution in [1.29, 1.82) is 0 Å². The number of hydrogen-bond acceptors (Lipinski definition) is 7. The van der Waals surface area contributed by atoms with Crippen LogP contribution in [0.15, 0.2) is 54.4 Å². The number of benzene rings is 1. The van der Waals surface area contributed by atoms with Gasteiger partial charge in [0.05, 0.1) is 31.2 Å². The topological polar surface area (TPSA) is 89.5 Å². The molecule has 2 aliphatic rings. The first-order chi connectivity index (χ1) is 16.4. The summed E-state index contributed by atoms with van der Waals surface area (Å²) in [5.41, 5.74) is 5.30. The molecule has 5 rings (SSSR count). The van der Waals surface area contributed by atoms with E-state index in [1.165, 1.54) is 0 Å². The van der Waals surface area contributed by atoms with Crippen LogP contribution in [0.25, 0.3) is 17.5 Å². The number of likely N-dealkylation sites (N-methyl/N-ethyl adjacent to an activating group) is 1. The Bertz CT molecular complexity index is 1270. The Kier molecular flexibility index (Phi) is 5.75. The third-order valence-electron chi connectivity index (χ3n) is 5.93. The van der Waals surface area contributed by atoms with E-state index in [2.05, 4.69) is 27.2 Å². The zero-order chi connectivity index (χ0) is 23.7. The maximum absolute atomic E-state index is 12.3. The van der Waals surface area contributed by atoms with Crippen molar-refractivity contribution in [2.75, 3.05) is 39.2 Å². The minimum absolute atomic E-state index is 0.0376. The van der Waals surface area contributed by atoms with Crippen LogP contribution < -0.4 is 10.1 Å². The summed E-state index contributed by atoms with van der Waals surface area (Å²) in [5.74, 6) is 1.26. The van der Waals surface area contributed by atoms with Gasteiger partial charge in [0, 0.05) is 55.7 Å². The second-order valence-electron chi connectivity index (χ2n) is 9.32. The van der Waals surface area contributed by atoms with Crippen LogP contribution in [-0.4, -0.2) is 59.7 Å². The molecule has 1 N–H and O–H groups in total. The van der Waals surface area contributed by atoms with Crippen molar-refractivity contribution in [3.05, 3.63) is 65.5 Å². The lowest BCUT2D eigenvalue weighted by Crippen LogP contribution is -2.44. The predicted molar refractivity (Wildman–Crippen MR) is 130 cm³/mol. The van der Waals surface area contributed by atoms with E-state index in [0.29, 0.717) is 30.4 Å². The number of nitrogens with zero attached hydrogens (tertiary/aromatic N) is 4. The highest BCUT2D eigenvalue weighted by Crippen LogP contribution is 2.30. The summed E-state index contributed by atoms with van der Waals surface area (Å²) in [6, 6.07) is 11.6. The molecule has 0 radical (unpaired) electrons. The number of fused-ring (bicyclic) bond motifs is 1. The Morgan fingerprint density at radius 1 is 1.12 bits per heavy atom. The maximum atomic E-state index is 12.3. The third-order valence-corrected chi connectivity index (χ3v) is 5.93. The molecular formula is C26H27N5O3. The number of ether oxygens (including phenoxy) is 2. The zero-order valence-corrected chi connectivity index (χ0v) is 19.5. The minimum Gasteiger partial charge on any atom is -0.493 e. The largest absolute Gasteiger partial charge is 0.493 e. The van der Waals surface area contributed by atoms with Gasteiger partial charge < -0.3 is 19.7 Å². The van der Waals surface area contributed by atoms with Crippen LogP contribution >= 0.6 is 0 Å². The number of anilines is 2. The van der Waals surface area contributed by atoms with E-state index in [-0.39, 0.29) is 11.3 Å². The molecule has 34 heavy (non-hydrogen) atoms. The second kappa shape index (κ2) is 8.87. The Balaban J connectivity index is 1.28. The molecule has 2 aromatic heterocycles. The fourth-order valence-electron chi connectivity index (χ4n) is 3.97. The lowest BCUT2D eigenvalue weighted by molar-refractivity contribution is -0.124. The number of rotatable bonds is 7. The summed E-state index contributed by atoms with van der Waals surface area (Å²) >= 11 is 0. The average molecular weight is 458 g/mol. The van der Waals surface area contributed by atoms with Crippen LogP contribution in [0.4, 0.5) is 11.6 Å². The van der Waals surface area contributed by atoms with Gasteiger partial charge in [-0.15, -0.1) is 0 Å². The van der Waals surface area contributed by atoms with Gasteiger partial charge in [-0.25, -0.2) is 9.97 Å². The van der Waals surface area contributed by atoms with Gasteiger partial charge in [-0.3, -0.25) is 9.78 Å². The van der Waals surface area contributed by atoms with Crippen LogP contribution in [0.5, 0.6) is 5.75 Å². The molecular weight excluding hydrogens is 430 g/mol. The van der Waals surface area contributed by atoms with Crippen molar-refractivity contribution >= 4 is 23.6 Å². The number of hydrogen-bond donors (Lipinski definition) is 1. The lowest BCUT2D eigenvalue weighted by atomic mass is 9.90. The third kappa shape index (κ3) is 4.63. The van der Waals surface area contributed by atoms with E-state index in [9.17, 15) is 4.79 Å². The highest BCUT2D eigenvalue weighted by atomic mass is 16.5. The van der Waals surface area contributed by atoms with Crippen LogP contribution in [0.2, 0.25) is 0 Å². The number of amides is 1. The molecule has 1 saturated heterocycles. The first-order valence-corrected chi connectivity index (χ1v) is 11.2. The van der Waals surface area contributed by atoms with E-state index in [0.717, 1.165) is 41.4 Å². The SMILES string of the molecule is CN(C)C(=O)C1=Cc2ccc(Nc3nccc(-c4cc(OCC5(C)COC5)ccn4)n3)cc2C1. The van der Waals surface area contributed by atoms with Gasteiger partial charge in [-0.05, 0) is 41.5 Å². The van der Waals surface area contributed by atoms with Crippen molar-refractivity contribution in [2.24, 2.45) is 5.41 Å². The molecule has 3 aromatic rings. The van der Waals surface area contributed by atoms with Crippen LogP contribution in [0, 0.1) is 5.41 Å². The van der Waals surface area contributed by atoms with Gasteiger partial charge in [-0.1, -0.05) is 13.0 Å². The predicted octanol–water partition coefficient (Wildman–Crippen LogP) is 3.73. The van der Waals surface area contributed by atoms with Crippen molar-refractivity contribution in [2.45, 2.75) is 13.3 Å². The molecule has 0 bridgehead atoms. The molecule has 8 heteroatoms. The number of nitrogens with one attached hydrogen (secondary N) is 1. The Labute approximate surface area is 198 Å². The summed E-state index contributed by atoms with van der Waals surface area (Å²) in [6.45, 7) is 4.19. The summed E-state index contributed by atoms with van der Waals surface area (Å²) in [7, 11) is 3.54. The molecule has 1 aromatic carbocycles. The quantitative estimate of drug-likeness (QED) is 0.578. The Hall–Kier alpha value is -3.78. The number of carbonyl (C=O) groups is 1. The monoisotopic (exact) mass is 457 g/mol. The van der Waals surface area contributed by atoms with Crippen LogP contribution in [0.1, 0.15) is 18.1 Å². The normalized spacial score (nSPS) is 15.7. The van der Waals surface area contributed by atoms with E-state index in [1.807, 2.05) is 42.5 Å². The first-order valence-electron chi connectivity index (χ1n) is 11.2. The van der Waals surface area contributed by atoms with Gasteiger partial charge in [-0.2, -0.15) is 0 Å². The van der Waals surface area contributed by atoms with E-state index in [1.54, 1.807) is 31.4 Å². The highest BCUT2D eigenvalue weighted by Gasteiger charge is 2.34. The molecule has 3 heterocycles. The molecule has 1 aliphatic heterocycles. The standard InChI is InChI=1S/C26H27N5O3/c1-26(14-33-15-26)16-34-21-6-8-27-23(13-21)22-7-9-28-25(30-22)29-20-5-4-17-10-19(11-18(17)12-20)24(32)31(2)3/h4-10,12-13H,11,14-16H2,1-3H3,(H,28,29,30). The number of carbonyl (C=O) groups excluding carboxylic acids is 1. The second-order valence-corrected chi connectivity index (χ2v) is 9.32. The molecule has 0 spiro atoms. The summed E-state index contributed by atoms with van der Waals surface area (Å²) in [5, 5.41) is 3.27. The average Bonchev–Trinajstić information content (AvgIpc) is 3.25. The van der Waals surface area contributed by atoms with E-state index in [4.69, 9.17) is 9.47 Å². The lowest BCUT2D eigenvalue weighted by Gasteiger charge is -2.37. The molecule has 1 aliphatic carbocycles. The minimum atomic E-state index is 0.0376. The number of aromatic nitrogens is 3. The van der Waals surface area contributed by atoms with Gasteiger partial charge in [0.25, 0.3) is 0 Å². The molecule has 0 saturated carbocycles. The fraction of sp³-hybridized carbons (Fsp3) is 0.308. The Morgan fingerprint density at radius 3 is 2.71 bits per heavy atom. The fourth-order valence-corrected chi connectivity index (χ4v) is 3.97. The smallest absolute Gasteiger partial charge is 0.249 e. The van der Waals surface area contributed by atoms with Crippen LogP contribution in [0.3, 0.4) is 0 Å². The molecule has 1 fully saturated rings. The molecule has 8 nitrogen and oxygen atoms in total. The van der Waals surface area contributed by atoms with Crippen molar-refractivity contribution in [3.63, 3.8) is 0 Å². The Morgan fingerprint density at radius 2 is 1.94 bits per heavy atom. The molecule has 0 unspecified atom stereocenters. The van der Waals surface area contributed by atoms with Crippen LogP contribution in [-0.2, 0) is 16.0 Å².